The fourth-order valence-corrected chi connectivity index (χ4v) is 1.95. The number of carbonyl (C=O) groups is 2. The number of rotatable bonds is 6. The van der Waals surface area contributed by atoms with Gasteiger partial charge in [0.2, 0.25) is 5.91 Å². The minimum atomic E-state index is -1.03. The molecule has 3 N–H and O–H groups in total. The van der Waals surface area contributed by atoms with E-state index in [4.69, 9.17) is 5.11 Å². The van der Waals surface area contributed by atoms with Gasteiger partial charge in [0.15, 0.2) is 0 Å². The van der Waals surface area contributed by atoms with E-state index in [2.05, 4.69) is 10.3 Å². The van der Waals surface area contributed by atoms with E-state index < -0.39 is 17.2 Å². The smallest absolute Gasteiger partial charge is 0.335 e. The summed E-state index contributed by atoms with van der Waals surface area (Å²) in [6, 6.07) is 7.46. The highest BCUT2D eigenvalue weighted by Crippen LogP contribution is 2.05. The summed E-state index contributed by atoms with van der Waals surface area (Å²) in [4.78, 5) is 47.1. The van der Waals surface area contributed by atoms with Gasteiger partial charge in [-0.2, -0.15) is 0 Å². The van der Waals surface area contributed by atoms with E-state index in [9.17, 15) is 19.2 Å². The summed E-state index contributed by atoms with van der Waals surface area (Å²) in [6.07, 6.45) is 1.38. The molecule has 2 aromatic rings. The first-order valence-electron chi connectivity index (χ1n) is 6.84. The van der Waals surface area contributed by atoms with Crippen LogP contribution in [0.15, 0.2) is 46.1 Å². The Morgan fingerprint density at radius 2 is 2.00 bits per heavy atom. The Morgan fingerprint density at radius 3 is 2.70 bits per heavy atom. The molecule has 1 aromatic carbocycles. The molecule has 0 bridgehead atoms. The molecule has 0 aliphatic carbocycles. The fourth-order valence-electron chi connectivity index (χ4n) is 1.95. The van der Waals surface area contributed by atoms with Crippen LogP contribution in [0.2, 0.25) is 0 Å². The number of aryl methyl sites for hydroxylation is 1. The zero-order valence-electron chi connectivity index (χ0n) is 12.1. The summed E-state index contributed by atoms with van der Waals surface area (Å²) >= 11 is 0. The first kappa shape index (κ1) is 16.2. The summed E-state index contributed by atoms with van der Waals surface area (Å²) in [5, 5.41) is 11.5. The summed E-state index contributed by atoms with van der Waals surface area (Å²) in [5.74, 6) is -1.32. The lowest BCUT2D eigenvalue weighted by Gasteiger charge is -2.07. The molecular formula is C15H15N3O5. The van der Waals surface area contributed by atoms with Crippen molar-refractivity contribution in [1.29, 1.82) is 0 Å². The quantitative estimate of drug-likeness (QED) is 0.689. The van der Waals surface area contributed by atoms with E-state index >= 15 is 0 Å². The summed E-state index contributed by atoms with van der Waals surface area (Å²) in [7, 11) is 0. The summed E-state index contributed by atoms with van der Waals surface area (Å²) in [5.41, 5.74) is -0.246. The van der Waals surface area contributed by atoms with Gasteiger partial charge in [0.05, 0.1) is 5.56 Å². The first-order chi connectivity index (χ1) is 11.0. The second kappa shape index (κ2) is 7.21. The number of aromatic nitrogens is 2. The number of carbonyl (C=O) groups excluding carboxylic acids is 1. The number of carboxylic acid groups (broad SMARTS) is 1. The number of aromatic amines is 1. The van der Waals surface area contributed by atoms with Gasteiger partial charge in [-0.3, -0.25) is 14.6 Å². The van der Waals surface area contributed by atoms with Crippen LogP contribution in [0.1, 0.15) is 22.3 Å². The minimum absolute atomic E-state index is 0.0601. The zero-order valence-corrected chi connectivity index (χ0v) is 12.1. The van der Waals surface area contributed by atoms with Gasteiger partial charge in [-0.05, 0) is 17.7 Å². The first-order valence-corrected chi connectivity index (χ1v) is 6.84. The molecule has 120 valence electrons. The second-order valence-corrected chi connectivity index (χ2v) is 4.84. The van der Waals surface area contributed by atoms with Gasteiger partial charge in [-0.1, -0.05) is 12.1 Å². The molecule has 2 rings (SSSR count). The molecule has 0 atom stereocenters. The molecule has 0 radical (unpaired) electrons. The Hall–Kier alpha value is -3.16. The molecule has 0 aliphatic heterocycles. The van der Waals surface area contributed by atoms with Gasteiger partial charge < -0.3 is 15.0 Å². The maximum Gasteiger partial charge on any atom is 0.335 e. The van der Waals surface area contributed by atoms with Gasteiger partial charge in [0.25, 0.3) is 5.56 Å². The van der Waals surface area contributed by atoms with Gasteiger partial charge >= 0.3 is 11.7 Å². The van der Waals surface area contributed by atoms with E-state index in [0.717, 1.165) is 0 Å². The molecule has 8 heteroatoms. The van der Waals surface area contributed by atoms with Crippen molar-refractivity contribution >= 4 is 11.9 Å². The lowest BCUT2D eigenvalue weighted by atomic mass is 10.1. The Morgan fingerprint density at radius 1 is 1.22 bits per heavy atom. The lowest BCUT2D eigenvalue weighted by Crippen LogP contribution is -2.31. The van der Waals surface area contributed by atoms with Crippen LogP contribution in [0.3, 0.4) is 0 Å². The predicted molar refractivity (Wildman–Crippen MR) is 81.2 cm³/mol. The third-order valence-electron chi connectivity index (χ3n) is 3.14. The third kappa shape index (κ3) is 4.67. The largest absolute Gasteiger partial charge is 0.478 e. The maximum atomic E-state index is 11.8. The van der Waals surface area contributed by atoms with Crippen molar-refractivity contribution in [2.24, 2.45) is 0 Å². The van der Waals surface area contributed by atoms with Crippen molar-refractivity contribution in [3.05, 3.63) is 68.5 Å². The van der Waals surface area contributed by atoms with E-state index in [0.29, 0.717) is 5.56 Å². The molecule has 0 spiro atoms. The van der Waals surface area contributed by atoms with Gasteiger partial charge in [-0.25, -0.2) is 9.59 Å². The molecule has 0 saturated carbocycles. The number of hydrogen-bond acceptors (Lipinski definition) is 4. The topological polar surface area (TPSA) is 121 Å². The average molecular weight is 317 g/mol. The molecule has 1 heterocycles. The summed E-state index contributed by atoms with van der Waals surface area (Å²) in [6.45, 7) is 0.330. The number of aromatic carboxylic acids is 1. The molecule has 23 heavy (non-hydrogen) atoms. The van der Waals surface area contributed by atoms with Crippen molar-refractivity contribution in [2.75, 3.05) is 0 Å². The standard InChI is InChI=1S/C15H15N3O5/c19-12(4-6-18-7-5-13(20)17-15(18)23)16-9-10-2-1-3-11(8-10)14(21)22/h1-3,5,7-8H,4,6,9H2,(H,16,19)(H,21,22)(H,17,20,23). The molecule has 1 amide bonds. The fraction of sp³-hybridized carbons (Fsp3) is 0.200. The van der Waals surface area contributed by atoms with Crippen LogP contribution in [-0.4, -0.2) is 26.5 Å². The number of nitrogens with one attached hydrogen (secondary N) is 2. The SMILES string of the molecule is O=C(CCn1ccc(=O)[nH]c1=O)NCc1cccc(C(=O)O)c1. The summed E-state index contributed by atoms with van der Waals surface area (Å²) < 4.78 is 1.23. The van der Waals surface area contributed by atoms with Crippen molar-refractivity contribution < 1.29 is 14.7 Å². The van der Waals surface area contributed by atoms with Crippen molar-refractivity contribution in [3.8, 4) is 0 Å². The molecule has 0 saturated heterocycles. The van der Waals surface area contributed by atoms with Crippen LogP contribution in [-0.2, 0) is 17.9 Å². The average Bonchev–Trinajstić information content (AvgIpc) is 2.52. The number of nitrogens with zero attached hydrogens (tertiary/aromatic N) is 1. The van der Waals surface area contributed by atoms with Crippen molar-refractivity contribution in [2.45, 2.75) is 19.5 Å². The predicted octanol–water partition coefficient (Wildman–Crippen LogP) is -0.0587. The second-order valence-electron chi connectivity index (χ2n) is 4.84. The number of carboxylic acids is 1. The monoisotopic (exact) mass is 317 g/mol. The third-order valence-corrected chi connectivity index (χ3v) is 3.14. The van der Waals surface area contributed by atoms with Crippen LogP contribution >= 0.6 is 0 Å². The minimum Gasteiger partial charge on any atom is -0.478 e. The van der Waals surface area contributed by atoms with E-state index in [-0.39, 0.29) is 31.0 Å². The molecular weight excluding hydrogens is 302 g/mol. The highest BCUT2D eigenvalue weighted by atomic mass is 16.4. The highest BCUT2D eigenvalue weighted by molar-refractivity contribution is 5.87. The zero-order chi connectivity index (χ0) is 16.8. The number of H-pyrrole nitrogens is 1. The van der Waals surface area contributed by atoms with Crippen LogP contribution in [0.25, 0.3) is 0 Å². The van der Waals surface area contributed by atoms with E-state index in [1.54, 1.807) is 12.1 Å². The number of benzene rings is 1. The van der Waals surface area contributed by atoms with Crippen molar-refractivity contribution in [1.82, 2.24) is 14.9 Å². The number of amides is 1. The highest BCUT2D eigenvalue weighted by Gasteiger charge is 2.06. The van der Waals surface area contributed by atoms with Crippen LogP contribution in [0, 0.1) is 0 Å². The Bertz CT molecular complexity index is 837. The molecule has 0 unspecified atom stereocenters. The Kier molecular flexibility index (Phi) is 5.08. The molecule has 1 aromatic heterocycles. The van der Waals surface area contributed by atoms with Crippen LogP contribution in [0.4, 0.5) is 0 Å². The normalized spacial score (nSPS) is 10.3. The maximum absolute atomic E-state index is 11.8. The van der Waals surface area contributed by atoms with E-state index in [1.165, 1.54) is 29.0 Å². The molecule has 8 nitrogen and oxygen atoms in total. The van der Waals surface area contributed by atoms with E-state index in [1.807, 2.05) is 0 Å². The van der Waals surface area contributed by atoms with Gasteiger partial charge in [0, 0.05) is 31.8 Å². The lowest BCUT2D eigenvalue weighted by molar-refractivity contribution is -0.121. The van der Waals surface area contributed by atoms with Crippen molar-refractivity contribution in [3.63, 3.8) is 0 Å². The van der Waals surface area contributed by atoms with Crippen LogP contribution < -0.4 is 16.6 Å². The molecule has 0 fully saturated rings. The molecule has 0 aliphatic rings. The van der Waals surface area contributed by atoms with Gasteiger partial charge in [0.1, 0.15) is 0 Å². The number of hydrogen-bond donors (Lipinski definition) is 3. The Labute approximate surface area is 130 Å². The van der Waals surface area contributed by atoms with Gasteiger partial charge in [-0.15, -0.1) is 0 Å². The Balaban J connectivity index is 1.88. The van der Waals surface area contributed by atoms with Crippen LogP contribution in [0.5, 0.6) is 0 Å².